The molecule has 24 heavy (non-hydrogen) atoms. The molecule has 0 fully saturated rings. The zero-order valence-electron chi connectivity index (χ0n) is 13.5. The number of hydrogen-bond donors (Lipinski definition) is 1. The van der Waals surface area contributed by atoms with Gasteiger partial charge in [0.05, 0.1) is 11.8 Å². The SMILES string of the molecule is CNc1ncc(-c2ccc(Cl)cc2)cc1N(C=O)C/C=C(/C)C#N. The normalized spacial score (nSPS) is 10.8. The van der Waals surface area contributed by atoms with Crippen molar-refractivity contribution >= 4 is 29.5 Å². The molecule has 0 aliphatic carbocycles. The fraction of sp³-hybridized carbons (Fsp3) is 0.167. The van der Waals surface area contributed by atoms with Crippen LogP contribution in [0.1, 0.15) is 6.92 Å². The van der Waals surface area contributed by atoms with Crippen molar-refractivity contribution in [2.24, 2.45) is 0 Å². The van der Waals surface area contributed by atoms with Crippen LogP contribution < -0.4 is 10.2 Å². The molecule has 0 spiro atoms. The molecule has 0 bridgehead atoms. The lowest BCUT2D eigenvalue weighted by molar-refractivity contribution is -0.107. The van der Waals surface area contributed by atoms with Crippen molar-refractivity contribution in [3.05, 3.63) is 53.2 Å². The van der Waals surface area contributed by atoms with Crippen molar-refractivity contribution in [2.45, 2.75) is 6.92 Å². The summed E-state index contributed by atoms with van der Waals surface area (Å²) in [6, 6.07) is 11.3. The Morgan fingerprint density at radius 1 is 1.38 bits per heavy atom. The summed E-state index contributed by atoms with van der Waals surface area (Å²) in [4.78, 5) is 17.4. The summed E-state index contributed by atoms with van der Waals surface area (Å²) >= 11 is 5.92. The van der Waals surface area contributed by atoms with Crippen LogP contribution in [-0.2, 0) is 4.79 Å². The molecule has 0 atom stereocenters. The Balaban J connectivity index is 2.43. The van der Waals surface area contributed by atoms with E-state index in [0.29, 0.717) is 28.6 Å². The number of rotatable bonds is 6. The molecular weight excluding hydrogens is 324 g/mol. The van der Waals surface area contributed by atoms with E-state index < -0.39 is 0 Å². The Morgan fingerprint density at radius 3 is 2.67 bits per heavy atom. The number of nitriles is 1. The first-order valence-electron chi connectivity index (χ1n) is 7.31. The van der Waals surface area contributed by atoms with Crippen molar-refractivity contribution in [3.63, 3.8) is 0 Å². The molecule has 1 aromatic carbocycles. The van der Waals surface area contributed by atoms with Gasteiger partial charge in [-0.25, -0.2) is 4.98 Å². The highest BCUT2D eigenvalue weighted by molar-refractivity contribution is 6.30. The average Bonchev–Trinajstić information content (AvgIpc) is 2.62. The molecule has 0 unspecified atom stereocenters. The molecule has 1 aromatic heterocycles. The Hall–Kier alpha value is -2.84. The first kappa shape index (κ1) is 17.5. The largest absolute Gasteiger partial charge is 0.371 e. The minimum absolute atomic E-state index is 0.295. The number of carbonyl (C=O) groups excluding carboxylic acids is 1. The van der Waals surface area contributed by atoms with Gasteiger partial charge in [-0.15, -0.1) is 0 Å². The van der Waals surface area contributed by atoms with Crippen molar-refractivity contribution in [2.75, 3.05) is 23.8 Å². The van der Waals surface area contributed by atoms with E-state index in [1.54, 1.807) is 38.4 Å². The number of allylic oxidation sites excluding steroid dienone is 1. The molecule has 1 heterocycles. The maximum Gasteiger partial charge on any atom is 0.214 e. The Kier molecular flexibility index (Phi) is 5.94. The van der Waals surface area contributed by atoms with E-state index in [1.165, 1.54) is 4.90 Å². The molecular formula is C18H17ClN4O. The lowest BCUT2D eigenvalue weighted by atomic mass is 10.1. The van der Waals surface area contributed by atoms with Crippen LogP contribution in [0.5, 0.6) is 0 Å². The van der Waals surface area contributed by atoms with Gasteiger partial charge in [0, 0.05) is 35.9 Å². The molecule has 0 radical (unpaired) electrons. The molecule has 1 N–H and O–H groups in total. The molecule has 2 aromatic rings. The van der Waals surface area contributed by atoms with Crippen LogP contribution in [0.2, 0.25) is 5.02 Å². The highest BCUT2D eigenvalue weighted by atomic mass is 35.5. The fourth-order valence-electron chi connectivity index (χ4n) is 2.14. The van der Waals surface area contributed by atoms with Gasteiger partial charge < -0.3 is 10.2 Å². The van der Waals surface area contributed by atoms with Gasteiger partial charge in [0.25, 0.3) is 0 Å². The van der Waals surface area contributed by atoms with E-state index in [2.05, 4.69) is 10.3 Å². The van der Waals surface area contributed by atoms with Gasteiger partial charge in [0.15, 0.2) is 0 Å². The quantitative estimate of drug-likeness (QED) is 0.640. The third kappa shape index (κ3) is 4.12. The highest BCUT2D eigenvalue weighted by Crippen LogP contribution is 2.29. The van der Waals surface area contributed by atoms with Crippen molar-refractivity contribution in [1.29, 1.82) is 5.26 Å². The maximum atomic E-state index is 11.5. The van der Waals surface area contributed by atoms with Gasteiger partial charge in [-0.3, -0.25) is 4.79 Å². The minimum Gasteiger partial charge on any atom is -0.371 e. The number of aromatic nitrogens is 1. The van der Waals surface area contributed by atoms with Crippen LogP contribution in [0, 0.1) is 11.3 Å². The zero-order valence-corrected chi connectivity index (χ0v) is 14.2. The van der Waals surface area contributed by atoms with Crippen LogP contribution in [0.15, 0.2) is 48.2 Å². The number of nitrogens with one attached hydrogen (secondary N) is 1. The molecule has 0 aliphatic heterocycles. The fourth-order valence-corrected chi connectivity index (χ4v) is 2.27. The average molecular weight is 341 g/mol. The van der Waals surface area contributed by atoms with Crippen LogP contribution in [0.4, 0.5) is 11.5 Å². The molecule has 1 amide bonds. The molecule has 0 aliphatic rings. The van der Waals surface area contributed by atoms with E-state index in [9.17, 15) is 4.79 Å². The summed E-state index contributed by atoms with van der Waals surface area (Å²) in [7, 11) is 1.74. The van der Waals surface area contributed by atoms with E-state index in [0.717, 1.165) is 17.5 Å². The predicted octanol–water partition coefficient (Wildman–Crippen LogP) is 3.88. The second-order valence-electron chi connectivity index (χ2n) is 5.11. The monoisotopic (exact) mass is 340 g/mol. The summed E-state index contributed by atoms with van der Waals surface area (Å²) < 4.78 is 0. The lowest BCUT2D eigenvalue weighted by Gasteiger charge is -2.19. The van der Waals surface area contributed by atoms with E-state index >= 15 is 0 Å². The number of benzene rings is 1. The number of anilines is 2. The smallest absolute Gasteiger partial charge is 0.214 e. The van der Waals surface area contributed by atoms with Crippen LogP contribution in [0.3, 0.4) is 0 Å². The second-order valence-corrected chi connectivity index (χ2v) is 5.54. The predicted molar refractivity (Wildman–Crippen MR) is 97.0 cm³/mol. The Morgan fingerprint density at radius 2 is 2.08 bits per heavy atom. The van der Waals surface area contributed by atoms with Crippen molar-refractivity contribution < 1.29 is 4.79 Å². The standard InChI is InChI=1S/C18H17ClN4O/c1-13(10-20)7-8-23(12-24)17-9-15(11-22-18(17)21-2)14-3-5-16(19)6-4-14/h3-7,9,11-12H,8H2,1-2H3,(H,21,22)/b13-7-. The first-order valence-corrected chi connectivity index (χ1v) is 7.69. The van der Waals surface area contributed by atoms with Gasteiger partial charge >= 0.3 is 0 Å². The highest BCUT2D eigenvalue weighted by Gasteiger charge is 2.12. The minimum atomic E-state index is 0.295. The van der Waals surface area contributed by atoms with Gasteiger partial charge in [0.1, 0.15) is 5.82 Å². The first-order chi connectivity index (χ1) is 11.6. The van der Waals surface area contributed by atoms with Crippen LogP contribution in [-0.4, -0.2) is 25.0 Å². The van der Waals surface area contributed by atoms with Gasteiger partial charge in [0.2, 0.25) is 6.41 Å². The van der Waals surface area contributed by atoms with E-state index in [4.69, 9.17) is 16.9 Å². The topological polar surface area (TPSA) is 69.0 Å². The van der Waals surface area contributed by atoms with Gasteiger partial charge in [-0.2, -0.15) is 5.26 Å². The Labute approximate surface area is 146 Å². The van der Waals surface area contributed by atoms with Crippen molar-refractivity contribution in [1.82, 2.24) is 4.98 Å². The summed E-state index contributed by atoms with van der Waals surface area (Å²) in [6.07, 6.45) is 4.16. The number of hydrogen-bond acceptors (Lipinski definition) is 4. The Bertz CT molecular complexity index is 794. The molecule has 5 nitrogen and oxygen atoms in total. The number of nitrogens with zero attached hydrogens (tertiary/aromatic N) is 3. The van der Waals surface area contributed by atoms with Crippen molar-refractivity contribution in [3.8, 4) is 17.2 Å². The summed E-state index contributed by atoms with van der Waals surface area (Å²) in [5, 5.41) is 12.5. The van der Waals surface area contributed by atoms with Crippen LogP contribution >= 0.6 is 11.6 Å². The van der Waals surface area contributed by atoms with E-state index in [-0.39, 0.29) is 0 Å². The summed E-state index contributed by atoms with van der Waals surface area (Å²) in [5.41, 5.74) is 3.01. The summed E-state index contributed by atoms with van der Waals surface area (Å²) in [6.45, 7) is 1.99. The van der Waals surface area contributed by atoms with Gasteiger partial charge in [-0.1, -0.05) is 29.8 Å². The number of halogens is 1. The summed E-state index contributed by atoms with van der Waals surface area (Å²) in [5.74, 6) is 0.586. The molecule has 6 heteroatoms. The molecule has 2 rings (SSSR count). The third-order valence-electron chi connectivity index (χ3n) is 3.49. The molecule has 122 valence electrons. The number of amides is 1. The van der Waals surface area contributed by atoms with Crippen LogP contribution in [0.25, 0.3) is 11.1 Å². The van der Waals surface area contributed by atoms with E-state index in [1.807, 2.05) is 24.3 Å². The second kappa shape index (κ2) is 8.14. The maximum absolute atomic E-state index is 11.5. The number of pyridine rings is 1. The van der Waals surface area contributed by atoms with Gasteiger partial charge in [-0.05, 0) is 30.7 Å². The number of carbonyl (C=O) groups is 1. The lowest BCUT2D eigenvalue weighted by Crippen LogP contribution is -2.22. The molecule has 0 saturated heterocycles. The third-order valence-corrected chi connectivity index (χ3v) is 3.74. The zero-order chi connectivity index (χ0) is 17.5. The molecule has 0 saturated carbocycles.